The molecule has 0 bridgehead atoms. The molecular formula is C19H25I. The molecule has 0 atom stereocenters. The van der Waals surface area contributed by atoms with E-state index >= 15 is 0 Å². The minimum Gasteiger partial charge on any atom is -0.0743 e. The van der Waals surface area contributed by atoms with Gasteiger partial charge in [-0.2, -0.15) is 0 Å². The molecule has 0 unspecified atom stereocenters. The van der Waals surface area contributed by atoms with Crippen LogP contribution in [0.4, 0.5) is 0 Å². The minimum absolute atomic E-state index is 0.167. The standard InChI is InChI=1S/C19H25I/c1-12-15(18(3,4)5)10-8-14-9-11-16(19(6,7)20)13(2)17(12)14/h8-11H,1-7H3. The fraction of sp³-hybridized carbons (Fsp3) is 0.474. The Balaban J connectivity index is 2.86. The minimum atomic E-state index is 0.167. The maximum Gasteiger partial charge on any atom is 0.0417 e. The normalized spacial score (nSPS) is 13.0. The Morgan fingerprint density at radius 2 is 1.20 bits per heavy atom. The Labute approximate surface area is 137 Å². The van der Waals surface area contributed by atoms with E-state index in [1.807, 2.05) is 0 Å². The Bertz CT molecular complexity index is 597. The summed E-state index contributed by atoms with van der Waals surface area (Å²) in [6.45, 7) is 16.0. The lowest BCUT2D eigenvalue weighted by Crippen LogP contribution is -2.14. The molecule has 0 spiro atoms. The van der Waals surface area contributed by atoms with Crippen molar-refractivity contribution in [2.45, 2.75) is 57.3 Å². The van der Waals surface area contributed by atoms with Gasteiger partial charge in [0, 0.05) is 3.42 Å². The van der Waals surface area contributed by atoms with Gasteiger partial charge in [-0.3, -0.25) is 0 Å². The average Bonchev–Trinajstić information content (AvgIpc) is 2.25. The Hall–Kier alpha value is -0.570. The van der Waals surface area contributed by atoms with Gasteiger partial charge in [-0.05, 0) is 66.1 Å². The molecule has 2 rings (SSSR count). The summed E-state index contributed by atoms with van der Waals surface area (Å²) in [5, 5.41) is 2.80. The van der Waals surface area contributed by atoms with Gasteiger partial charge in [-0.25, -0.2) is 0 Å². The third-order valence-electron chi connectivity index (χ3n) is 4.15. The fourth-order valence-electron chi connectivity index (χ4n) is 3.26. The molecule has 0 saturated carbocycles. The third-order valence-corrected chi connectivity index (χ3v) is 4.74. The maximum atomic E-state index is 2.54. The van der Waals surface area contributed by atoms with Crippen molar-refractivity contribution in [2.24, 2.45) is 0 Å². The zero-order valence-corrected chi connectivity index (χ0v) is 15.8. The van der Waals surface area contributed by atoms with Crippen LogP contribution in [0.5, 0.6) is 0 Å². The highest BCUT2D eigenvalue weighted by Gasteiger charge is 2.22. The summed E-state index contributed by atoms with van der Waals surface area (Å²) in [5.74, 6) is 0. The van der Waals surface area contributed by atoms with Crippen LogP contribution in [0.25, 0.3) is 10.8 Å². The van der Waals surface area contributed by atoms with E-state index in [0.717, 1.165) is 0 Å². The molecule has 2 aromatic carbocycles. The summed E-state index contributed by atoms with van der Waals surface area (Å²) < 4.78 is 0.167. The highest BCUT2D eigenvalue weighted by molar-refractivity contribution is 14.1. The number of aryl methyl sites for hydroxylation is 2. The van der Waals surface area contributed by atoms with Crippen LogP contribution < -0.4 is 0 Å². The quantitative estimate of drug-likeness (QED) is 0.395. The van der Waals surface area contributed by atoms with Crippen molar-refractivity contribution in [2.75, 3.05) is 0 Å². The lowest BCUT2D eigenvalue weighted by molar-refractivity contribution is 0.587. The summed E-state index contributed by atoms with van der Waals surface area (Å²) in [6.07, 6.45) is 0. The monoisotopic (exact) mass is 380 g/mol. The van der Waals surface area contributed by atoms with Crippen LogP contribution in [-0.2, 0) is 8.84 Å². The number of hydrogen-bond donors (Lipinski definition) is 0. The molecule has 2 aromatic rings. The van der Waals surface area contributed by atoms with E-state index in [1.54, 1.807) is 0 Å². The van der Waals surface area contributed by atoms with Crippen molar-refractivity contribution < 1.29 is 0 Å². The zero-order valence-electron chi connectivity index (χ0n) is 13.7. The van der Waals surface area contributed by atoms with Crippen molar-refractivity contribution in [3.05, 3.63) is 46.5 Å². The Morgan fingerprint density at radius 3 is 1.65 bits per heavy atom. The van der Waals surface area contributed by atoms with Crippen molar-refractivity contribution >= 4 is 33.4 Å². The van der Waals surface area contributed by atoms with E-state index in [2.05, 4.69) is 95.3 Å². The first-order valence-electron chi connectivity index (χ1n) is 7.26. The van der Waals surface area contributed by atoms with Crippen LogP contribution in [0.1, 0.15) is 56.9 Å². The highest BCUT2D eigenvalue weighted by atomic mass is 127. The highest BCUT2D eigenvalue weighted by Crippen LogP contribution is 2.39. The molecule has 0 saturated heterocycles. The SMILES string of the molecule is Cc1c(C(C)(C)C)ccc2ccc(C(C)(C)I)c(C)c12. The summed E-state index contributed by atoms with van der Waals surface area (Å²) in [4.78, 5) is 0. The zero-order chi connectivity index (χ0) is 15.3. The molecule has 1 heteroatoms. The van der Waals surface area contributed by atoms with E-state index in [9.17, 15) is 0 Å². The van der Waals surface area contributed by atoms with Gasteiger partial charge in [0.2, 0.25) is 0 Å². The van der Waals surface area contributed by atoms with Crippen LogP contribution in [0.3, 0.4) is 0 Å². The summed E-state index contributed by atoms with van der Waals surface area (Å²) in [5.41, 5.74) is 5.97. The summed E-state index contributed by atoms with van der Waals surface area (Å²) >= 11 is 2.54. The van der Waals surface area contributed by atoms with Gasteiger partial charge in [-0.1, -0.05) is 67.6 Å². The predicted octanol–water partition coefficient (Wildman–Crippen LogP) is 6.42. The number of alkyl halides is 1. The largest absolute Gasteiger partial charge is 0.0743 e. The molecule has 0 amide bonds. The van der Waals surface area contributed by atoms with Crippen LogP contribution in [0.15, 0.2) is 24.3 Å². The molecular weight excluding hydrogens is 355 g/mol. The number of fused-ring (bicyclic) bond motifs is 1. The molecule has 0 aromatic heterocycles. The molecule has 0 aliphatic carbocycles. The van der Waals surface area contributed by atoms with E-state index in [-0.39, 0.29) is 8.84 Å². The van der Waals surface area contributed by atoms with E-state index < -0.39 is 0 Å². The van der Waals surface area contributed by atoms with Crippen LogP contribution in [0.2, 0.25) is 0 Å². The van der Waals surface area contributed by atoms with Gasteiger partial charge < -0.3 is 0 Å². The second-order valence-electron chi connectivity index (χ2n) is 7.30. The summed E-state index contributed by atoms with van der Waals surface area (Å²) in [6, 6.07) is 9.14. The van der Waals surface area contributed by atoms with Gasteiger partial charge in [0.25, 0.3) is 0 Å². The maximum absolute atomic E-state index is 2.54. The molecule has 0 nitrogen and oxygen atoms in total. The molecule has 0 N–H and O–H groups in total. The summed E-state index contributed by atoms with van der Waals surface area (Å²) in [7, 11) is 0. The smallest absolute Gasteiger partial charge is 0.0417 e. The van der Waals surface area contributed by atoms with Crippen molar-refractivity contribution in [1.82, 2.24) is 0 Å². The first-order chi connectivity index (χ1) is 9.03. The topological polar surface area (TPSA) is 0 Å². The van der Waals surface area contributed by atoms with Gasteiger partial charge in [0.15, 0.2) is 0 Å². The number of hydrogen-bond acceptors (Lipinski definition) is 0. The molecule has 0 heterocycles. The molecule has 0 fully saturated rings. The van der Waals surface area contributed by atoms with Gasteiger partial charge >= 0.3 is 0 Å². The van der Waals surface area contributed by atoms with E-state index in [4.69, 9.17) is 0 Å². The lowest BCUT2D eigenvalue weighted by Gasteiger charge is -2.26. The van der Waals surface area contributed by atoms with Crippen molar-refractivity contribution in [3.8, 4) is 0 Å². The average molecular weight is 380 g/mol. The lowest BCUT2D eigenvalue weighted by atomic mass is 9.80. The molecule has 20 heavy (non-hydrogen) atoms. The van der Waals surface area contributed by atoms with Crippen LogP contribution in [-0.4, -0.2) is 0 Å². The molecule has 0 aliphatic heterocycles. The van der Waals surface area contributed by atoms with E-state index in [0.29, 0.717) is 0 Å². The second kappa shape index (κ2) is 5.01. The number of benzene rings is 2. The van der Waals surface area contributed by atoms with Crippen LogP contribution in [0, 0.1) is 13.8 Å². The van der Waals surface area contributed by atoms with Gasteiger partial charge in [-0.15, -0.1) is 0 Å². The number of rotatable bonds is 1. The van der Waals surface area contributed by atoms with Gasteiger partial charge in [0.05, 0.1) is 0 Å². The Morgan fingerprint density at radius 1 is 0.750 bits per heavy atom. The fourth-order valence-corrected chi connectivity index (χ4v) is 3.84. The third kappa shape index (κ3) is 2.74. The molecule has 108 valence electrons. The molecule has 0 radical (unpaired) electrons. The second-order valence-corrected chi connectivity index (χ2v) is 9.99. The molecule has 0 aliphatic rings. The predicted molar refractivity (Wildman–Crippen MR) is 99.2 cm³/mol. The van der Waals surface area contributed by atoms with E-state index in [1.165, 1.54) is 33.0 Å². The van der Waals surface area contributed by atoms with Gasteiger partial charge in [0.1, 0.15) is 0 Å². The first-order valence-corrected chi connectivity index (χ1v) is 8.34. The van der Waals surface area contributed by atoms with Crippen molar-refractivity contribution in [1.29, 1.82) is 0 Å². The Kier molecular flexibility index (Phi) is 3.96. The first kappa shape index (κ1) is 15.8. The van der Waals surface area contributed by atoms with Crippen LogP contribution >= 0.6 is 22.6 Å². The number of halogens is 1. The van der Waals surface area contributed by atoms with Crippen molar-refractivity contribution in [3.63, 3.8) is 0 Å².